The second kappa shape index (κ2) is 5.57. The molecule has 0 bridgehead atoms. The normalized spacial score (nSPS) is 10.9. The molecule has 1 aromatic carbocycles. The Morgan fingerprint density at radius 3 is 2.90 bits per heavy atom. The Bertz CT molecular complexity index is 809. The maximum atomic E-state index is 7.46. The van der Waals surface area contributed by atoms with Crippen molar-refractivity contribution < 1.29 is 0 Å². The van der Waals surface area contributed by atoms with Gasteiger partial charge in [0.05, 0.1) is 0 Å². The molecule has 0 radical (unpaired) electrons. The van der Waals surface area contributed by atoms with Gasteiger partial charge in [-0.15, -0.1) is 10.2 Å². The third kappa shape index (κ3) is 2.75. The molecule has 0 aliphatic rings. The third-order valence-electron chi connectivity index (χ3n) is 3.29. The van der Waals surface area contributed by atoms with Crippen molar-refractivity contribution >= 4 is 23.2 Å². The van der Waals surface area contributed by atoms with Crippen LogP contribution in [0.5, 0.6) is 0 Å². The number of nitrogens with zero attached hydrogens (tertiary/aromatic N) is 3. The van der Waals surface area contributed by atoms with E-state index in [0.717, 1.165) is 27.7 Å². The van der Waals surface area contributed by atoms with E-state index in [1.165, 1.54) is 5.56 Å². The molecule has 0 spiro atoms. The lowest BCUT2D eigenvalue weighted by molar-refractivity contribution is 0.921. The Kier molecular flexibility index (Phi) is 3.62. The maximum Gasteiger partial charge on any atom is 0.195 e. The standard InChI is InChI=1S/C15H15N5S/c1-10-8-11(14(16)17)5-6-12(10)9-21-15-19-18-13-4-2-3-7-20(13)15/h2-8H,9H2,1H3,(H3,16,17). The van der Waals surface area contributed by atoms with Crippen LogP contribution >= 0.6 is 11.8 Å². The highest BCUT2D eigenvalue weighted by atomic mass is 32.2. The van der Waals surface area contributed by atoms with E-state index >= 15 is 0 Å². The van der Waals surface area contributed by atoms with Crippen LogP contribution in [0, 0.1) is 12.3 Å². The molecule has 0 saturated heterocycles. The first-order chi connectivity index (χ1) is 10.1. The molecular formula is C15H15N5S. The van der Waals surface area contributed by atoms with Crippen molar-refractivity contribution in [3.8, 4) is 0 Å². The molecule has 106 valence electrons. The van der Waals surface area contributed by atoms with E-state index in [2.05, 4.69) is 10.2 Å². The first-order valence-corrected chi connectivity index (χ1v) is 7.50. The van der Waals surface area contributed by atoms with Gasteiger partial charge in [-0.05, 0) is 36.2 Å². The predicted octanol–water partition coefficient (Wildman–Crippen LogP) is 2.61. The fraction of sp³-hybridized carbons (Fsp3) is 0.133. The van der Waals surface area contributed by atoms with Crippen molar-refractivity contribution in [1.29, 1.82) is 5.41 Å². The van der Waals surface area contributed by atoms with Gasteiger partial charge in [0.25, 0.3) is 0 Å². The molecule has 2 aromatic heterocycles. The maximum absolute atomic E-state index is 7.46. The summed E-state index contributed by atoms with van der Waals surface area (Å²) in [5.74, 6) is 0.903. The number of nitrogens with one attached hydrogen (secondary N) is 1. The Balaban J connectivity index is 1.80. The van der Waals surface area contributed by atoms with Gasteiger partial charge in [0, 0.05) is 17.5 Å². The molecule has 0 atom stereocenters. The molecule has 0 fully saturated rings. The second-order valence-corrected chi connectivity index (χ2v) is 5.70. The summed E-state index contributed by atoms with van der Waals surface area (Å²) >= 11 is 1.64. The van der Waals surface area contributed by atoms with Crippen LogP contribution in [0.1, 0.15) is 16.7 Å². The van der Waals surface area contributed by atoms with E-state index in [1.54, 1.807) is 11.8 Å². The van der Waals surface area contributed by atoms with Crippen molar-refractivity contribution in [3.05, 3.63) is 59.3 Å². The summed E-state index contributed by atoms with van der Waals surface area (Å²) in [5, 5.41) is 16.7. The molecule has 3 aromatic rings. The first-order valence-electron chi connectivity index (χ1n) is 6.51. The number of fused-ring (bicyclic) bond motifs is 1. The van der Waals surface area contributed by atoms with Crippen molar-refractivity contribution in [1.82, 2.24) is 14.6 Å². The predicted molar refractivity (Wildman–Crippen MR) is 84.7 cm³/mol. The largest absolute Gasteiger partial charge is 0.384 e. The summed E-state index contributed by atoms with van der Waals surface area (Å²) in [7, 11) is 0. The fourth-order valence-corrected chi connectivity index (χ4v) is 3.09. The van der Waals surface area contributed by atoms with Gasteiger partial charge in [0.15, 0.2) is 10.8 Å². The quantitative estimate of drug-likeness (QED) is 0.441. The van der Waals surface area contributed by atoms with Gasteiger partial charge >= 0.3 is 0 Å². The highest BCUT2D eigenvalue weighted by molar-refractivity contribution is 7.98. The van der Waals surface area contributed by atoms with Crippen LogP contribution in [-0.4, -0.2) is 20.4 Å². The highest BCUT2D eigenvalue weighted by Gasteiger charge is 2.07. The van der Waals surface area contributed by atoms with E-state index in [9.17, 15) is 0 Å². The van der Waals surface area contributed by atoms with Crippen LogP contribution in [0.3, 0.4) is 0 Å². The molecule has 0 unspecified atom stereocenters. The molecule has 0 aliphatic heterocycles. The fourth-order valence-electron chi connectivity index (χ4n) is 2.09. The van der Waals surface area contributed by atoms with Crippen molar-refractivity contribution in [2.24, 2.45) is 5.73 Å². The SMILES string of the molecule is Cc1cc(C(=N)N)ccc1CSc1nnc2ccccn12. The molecule has 3 rings (SSSR count). The lowest BCUT2D eigenvalue weighted by atomic mass is 10.1. The zero-order valence-corrected chi connectivity index (χ0v) is 12.4. The Hall–Kier alpha value is -2.34. The molecule has 0 saturated carbocycles. The minimum atomic E-state index is 0.0979. The van der Waals surface area contributed by atoms with Gasteiger partial charge in [-0.25, -0.2) is 0 Å². The van der Waals surface area contributed by atoms with E-state index in [-0.39, 0.29) is 5.84 Å². The van der Waals surface area contributed by atoms with Crippen molar-refractivity contribution in [3.63, 3.8) is 0 Å². The number of aromatic nitrogens is 3. The Labute approximate surface area is 126 Å². The lowest BCUT2D eigenvalue weighted by Gasteiger charge is -2.07. The molecule has 5 nitrogen and oxygen atoms in total. The number of nitrogen functional groups attached to an aromatic ring is 1. The van der Waals surface area contributed by atoms with Gasteiger partial charge in [-0.3, -0.25) is 9.81 Å². The van der Waals surface area contributed by atoms with E-state index in [1.807, 2.05) is 53.9 Å². The summed E-state index contributed by atoms with van der Waals surface area (Å²) in [6.45, 7) is 2.03. The summed E-state index contributed by atoms with van der Waals surface area (Å²) in [4.78, 5) is 0. The van der Waals surface area contributed by atoms with Gasteiger partial charge in [0.1, 0.15) is 5.84 Å². The molecule has 2 heterocycles. The first kappa shape index (κ1) is 13.6. The minimum Gasteiger partial charge on any atom is -0.384 e. The zero-order valence-electron chi connectivity index (χ0n) is 11.6. The number of hydrogen-bond donors (Lipinski definition) is 2. The van der Waals surface area contributed by atoms with Gasteiger partial charge in [-0.1, -0.05) is 30.0 Å². The molecular weight excluding hydrogens is 282 g/mol. The number of rotatable bonds is 4. The average Bonchev–Trinajstić information content (AvgIpc) is 2.89. The zero-order chi connectivity index (χ0) is 14.8. The summed E-state index contributed by atoms with van der Waals surface area (Å²) in [6, 6.07) is 11.7. The van der Waals surface area contributed by atoms with Crippen LogP contribution in [0.2, 0.25) is 0 Å². The van der Waals surface area contributed by atoms with Crippen LogP contribution in [0.15, 0.2) is 47.8 Å². The molecule has 0 aliphatic carbocycles. The molecule has 0 amide bonds. The number of hydrogen-bond acceptors (Lipinski definition) is 4. The summed E-state index contributed by atoms with van der Waals surface area (Å²) in [5.41, 5.74) is 9.45. The van der Waals surface area contributed by atoms with E-state index in [0.29, 0.717) is 0 Å². The minimum absolute atomic E-state index is 0.0979. The Morgan fingerprint density at radius 1 is 1.29 bits per heavy atom. The second-order valence-electron chi connectivity index (χ2n) is 4.76. The van der Waals surface area contributed by atoms with Gasteiger partial charge in [-0.2, -0.15) is 0 Å². The number of thioether (sulfide) groups is 1. The van der Waals surface area contributed by atoms with Crippen molar-refractivity contribution in [2.45, 2.75) is 17.8 Å². The number of amidine groups is 1. The van der Waals surface area contributed by atoms with Crippen molar-refractivity contribution in [2.75, 3.05) is 0 Å². The summed E-state index contributed by atoms with van der Waals surface area (Å²) in [6.07, 6.45) is 1.96. The monoisotopic (exact) mass is 297 g/mol. The lowest BCUT2D eigenvalue weighted by Crippen LogP contribution is -2.11. The Morgan fingerprint density at radius 2 is 2.14 bits per heavy atom. The number of aryl methyl sites for hydroxylation is 1. The third-order valence-corrected chi connectivity index (χ3v) is 4.28. The van der Waals surface area contributed by atoms with Crippen LogP contribution in [0.25, 0.3) is 5.65 Å². The van der Waals surface area contributed by atoms with Crippen LogP contribution in [0.4, 0.5) is 0 Å². The summed E-state index contributed by atoms with van der Waals surface area (Å²) < 4.78 is 1.98. The van der Waals surface area contributed by atoms with Gasteiger partial charge < -0.3 is 5.73 Å². The van der Waals surface area contributed by atoms with E-state index in [4.69, 9.17) is 11.1 Å². The van der Waals surface area contributed by atoms with Crippen LogP contribution < -0.4 is 5.73 Å². The number of nitrogens with two attached hydrogens (primary N) is 1. The molecule has 21 heavy (non-hydrogen) atoms. The molecule has 3 N–H and O–H groups in total. The van der Waals surface area contributed by atoms with Crippen LogP contribution in [-0.2, 0) is 5.75 Å². The average molecular weight is 297 g/mol. The highest BCUT2D eigenvalue weighted by Crippen LogP contribution is 2.23. The van der Waals surface area contributed by atoms with E-state index < -0.39 is 0 Å². The smallest absolute Gasteiger partial charge is 0.195 e. The topological polar surface area (TPSA) is 80.1 Å². The number of benzene rings is 1. The van der Waals surface area contributed by atoms with Gasteiger partial charge in [0.2, 0.25) is 0 Å². The molecule has 6 heteroatoms. The number of pyridine rings is 1.